The van der Waals surface area contributed by atoms with Crippen molar-refractivity contribution in [1.82, 2.24) is 9.78 Å². The summed E-state index contributed by atoms with van der Waals surface area (Å²) in [5.74, 6) is 0.556. The zero-order chi connectivity index (χ0) is 16.4. The van der Waals surface area contributed by atoms with Gasteiger partial charge in [0.2, 0.25) is 0 Å². The van der Waals surface area contributed by atoms with E-state index in [1.54, 1.807) is 29.1 Å². The molecule has 0 bridgehead atoms. The Balaban J connectivity index is 1.81. The molecule has 0 spiro atoms. The van der Waals surface area contributed by atoms with Crippen molar-refractivity contribution < 1.29 is 18.3 Å². The van der Waals surface area contributed by atoms with E-state index in [-0.39, 0.29) is 5.75 Å². The fraction of sp³-hybridized carbons (Fsp3) is 0.0625. The number of hydrogen-bond acceptors (Lipinski definition) is 3. The zero-order valence-electron chi connectivity index (χ0n) is 11.7. The Morgan fingerprint density at radius 2 is 1.74 bits per heavy atom. The Bertz CT molecular complexity index is 810. The molecule has 0 aliphatic carbocycles. The molecule has 0 saturated heterocycles. The number of halogens is 3. The van der Waals surface area contributed by atoms with Crippen molar-refractivity contribution in [2.45, 2.75) is 6.18 Å². The van der Waals surface area contributed by atoms with Crippen molar-refractivity contribution in [3.8, 4) is 11.4 Å². The molecule has 7 heteroatoms. The van der Waals surface area contributed by atoms with Gasteiger partial charge < -0.3 is 10.4 Å². The number of benzene rings is 2. The lowest BCUT2D eigenvalue weighted by molar-refractivity contribution is -0.137. The van der Waals surface area contributed by atoms with Crippen LogP contribution in [0.4, 0.5) is 24.7 Å². The highest BCUT2D eigenvalue weighted by atomic mass is 19.4. The lowest BCUT2D eigenvalue weighted by Crippen LogP contribution is -2.05. The smallest absolute Gasteiger partial charge is 0.416 e. The first-order chi connectivity index (χ1) is 10.9. The summed E-state index contributed by atoms with van der Waals surface area (Å²) in [4.78, 5) is 0. The van der Waals surface area contributed by atoms with Gasteiger partial charge in [-0.05, 0) is 42.5 Å². The predicted molar refractivity (Wildman–Crippen MR) is 80.0 cm³/mol. The van der Waals surface area contributed by atoms with Gasteiger partial charge in [-0.25, -0.2) is 4.68 Å². The molecule has 0 unspecified atom stereocenters. The Hall–Kier alpha value is -2.96. The molecule has 2 aromatic carbocycles. The van der Waals surface area contributed by atoms with E-state index < -0.39 is 11.7 Å². The van der Waals surface area contributed by atoms with E-state index in [9.17, 15) is 18.3 Å². The summed E-state index contributed by atoms with van der Waals surface area (Å²) in [6.07, 6.45) is -2.72. The predicted octanol–water partition coefficient (Wildman–Crippen LogP) is 4.34. The van der Waals surface area contributed by atoms with Crippen LogP contribution in [0.1, 0.15) is 5.56 Å². The highest BCUT2D eigenvalue weighted by Crippen LogP contribution is 2.31. The van der Waals surface area contributed by atoms with Crippen molar-refractivity contribution in [3.05, 3.63) is 66.4 Å². The number of anilines is 2. The molecule has 2 N–H and O–H groups in total. The minimum absolute atomic E-state index is 0.142. The Labute approximate surface area is 129 Å². The van der Waals surface area contributed by atoms with Crippen LogP contribution in [0, 0.1) is 0 Å². The second-order valence-electron chi connectivity index (χ2n) is 4.87. The summed E-state index contributed by atoms with van der Waals surface area (Å²) in [6, 6.07) is 13.0. The first-order valence-corrected chi connectivity index (χ1v) is 6.71. The van der Waals surface area contributed by atoms with E-state index >= 15 is 0 Å². The van der Waals surface area contributed by atoms with Gasteiger partial charge in [0.25, 0.3) is 0 Å². The third-order valence-corrected chi connectivity index (χ3v) is 3.17. The SMILES string of the molecule is Oc1ccc(-n2ccc(Nc3cccc(C(F)(F)F)c3)n2)cc1. The van der Waals surface area contributed by atoms with Crippen LogP contribution in [0.2, 0.25) is 0 Å². The molecule has 3 aromatic rings. The first-order valence-electron chi connectivity index (χ1n) is 6.71. The summed E-state index contributed by atoms with van der Waals surface area (Å²) in [5, 5.41) is 16.3. The lowest BCUT2D eigenvalue weighted by Gasteiger charge is -2.09. The third-order valence-electron chi connectivity index (χ3n) is 3.17. The van der Waals surface area contributed by atoms with Gasteiger partial charge in [-0.1, -0.05) is 6.07 Å². The zero-order valence-corrected chi connectivity index (χ0v) is 11.7. The molecule has 0 aliphatic heterocycles. The molecular formula is C16H12F3N3O. The molecule has 23 heavy (non-hydrogen) atoms. The highest BCUT2D eigenvalue weighted by Gasteiger charge is 2.30. The molecule has 0 fully saturated rings. The fourth-order valence-corrected chi connectivity index (χ4v) is 2.06. The summed E-state index contributed by atoms with van der Waals surface area (Å²) in [7, 11) is 0. The van der Waals surface area contributed by atoms with Crippen molar-refractivity contribution in [1.29, 1.82) is 0 Å². The Morgan fingerprint density at radius 3 is 2.43 bits per heavy atom. The maximum atomic E-state index is 12.7. The van der Waals surface area contributed by atoms with Gasteiger partial charge in [0.15, 0.2) is 5.82 Å². The van der Waals surface area contributed by atoms with E-state index in [0.29, 0.717) is 11.5 Å². The molecule has 3 rings (SSSR count). The van der Waals surface area contributed by atoms with Crippen LogP contribution in [-0.4, -0.2) is 14.9 Å². The maximum Gasteiger partial charge on any atom is 0.416 e. The van der Waals surface area contributed by atoms with E-state index in [1.165, 1.54) is 24.3 Å². The minimum Gasteiger partial charge on any atom is -0.508 e. The van der Waals surface area contributed by atoms with Crippen molar-refractivity contribution in [2.75, 3.05) is 5.32 Å². The van der Waals surface area contributed by atoms with Crippen LogP contribution >= 0.6 is 0 Å². The van der Waals surface area contributed by atoms with E-state index in [4.69, 9.17) is 0 Å². The minimum atomic E-state index is -4.39. The fourth-order valence-electron chi connectivity index (χ4n) is 2.06. The molecule has 0 saturated carbocycles. The average Bonchev–Trinajstić information content (AvgIpc) is 2.96. The molecule has 0 amide bonds. The molecule has 0 aliphatic rings. The van der Waals surface area contributed by atoms with Gasteiger partial charge in [-0.2, -0.15) is 18.3 Å². The molecular weight excluding hydrogens is 307 g/mol. The standard InChI is InChI=1S/C16H12F3N3O/c17-16(18,19)11-2-1-3-12(10-11)20-15-8-9-22(21-15)13-4-6-14(23)7-5-13/h1-10,23H,(H,20,21). The molecule has 1 aromatic heterocycles. The number of nitrogens with one attached hydrogen (secondary N) is 1. The third kappa shape index (κ3) is 3.45. The Kier molecular flexibility index (Phi) is 3.69. The number of nitrogens with zero attached hydrogens (tertiary/aromatic N) is 2. The maximum absolute atomic E-state index is 12.7. The largest absolute Gasteiger partial charge is 0.508 e. The highest BCUT2D eigenvalue weighted by molar-refractivity contribution is 5.57. The number of hydrogen-bond donors (Lipinski definition) is 2. The number of aromatic hydroxyl groups is 1. The van der Waals surface area contributed by atoms with Gasteiger partial charge in [-0.3, -0.25) is 0 Å². The molecule has 4 nitrogen and oxygen atoms in total. The summed E-state index contributed by atoms with van der Waals surface area (Å²) >= 11 is 0. The van der Waals surface area contributed by atoms with Crippen molar-refractivity contribution in [2.24, 2.45) is 0 Å². The van der Waals surface area contributed by atoms with E-state index in [2.05, 4.69) is 10.4 Å². The summed E-state index contributed by atoms with van der Waals surface area (Å²) < 4.78 is 39.6. The van der Waals surface area contributed by atoms with Crippen molar-refractivity contribution in [3.63, 3.8) is 0 Å². The lowest BCUT2D eigenvalue weighted by atomic mass is 10.2. The van der Waals surface area contributed by atoms with Crippen LogP contribution in [0.3, 0.4) is 0 Å². The summed E-state index contributed by atoms with van der Waals surface area (Å²) in [5.41, 5.74) is 0.302. The quantitative estimate of drug-likeness (QED) is 0.755. The van der Waals surface area contributed by atoms with Crippen molar-refractivity contribution >= 4 is 11.5 Å². The van der Waals surface area contributed by atoms with Crippen LogP contribution in [0.15, 0.2) is 60.8 Å². The molecule has 0 radical (unpaired) electrons. The molecule has 118 valence electrons. The Morgan fingerprint density at radius 1 is 1.00 bits per heavy atom. The van der Waals surface area contributed by atoms with Gasteiger partial charge >= 0.3 is 6.18 Å². The van der Waals surface area contributed by atoms with Crippen LogP contribution < -0.4 is 5.32 Å². The molecule has 0 atom stereocenters. The monoisotopic (exact) mass is 319 g/mol. The van der Waals surface area contributed by atoms with E-state index in [0.717, 1.165) is 17.8 Å². The van der Waals surface area contributed by atoms with Gasteiger partial charge in [0, 0.05) is 18.0 Å². The number of alkyl halides is 3. The van der Waals surface area contributed by atoms with Crippen LogP contribution in [-0.2, 0) is 6.18 Å². The number of rotatable bonds is 3. The number of phenols is 1. The molecule has 1 heterocycles. The van der Waals surface area contributed by atoms with Crippen LogP contribution in [0.5, 0.6) is 5.75 Å². The second kappa shape index (κ2) is 5.68. The average molecular weight is 319 g/mol. The summed E-state index contributed by atoms with van der Waals surface area (Å²) in [6.45, 7) is 0. The van der Waals surface area contributed by atoms with Gasteiger partial charge in [0.1, 0.15) is 5.75 Å². The number of aromatic nitrogens is 2. The van der Waals surface area contributed by atoms with Crippen LogP contribution in [0.25, 0.3) is 5.69 Å². The van der Waals surface area contributed by atoms with Gasteiger partial charge in [0.05, 0.1) is 11.3 Å². The first kappa shape index (κ1) is 15.0. The number of phenolic OH excluding ortho intramolecular Hbond substituents is 1. The second-order valence-corrected chi connectivity index (χ2v) is 4.87. The van der Waals surface area contributed by atoms with E-state index in [1.807, 2.05) is 0 Å². The van der Waals surface area contributed by atoms with Gasteiger partial charge in [-0.15, -0.1) is 0 Å². The topological polar surface area (TPSA) is 50.1 Å². The normalized spacial score (nSPS) is 11.4.